The van der Waals surface area contributed by atoms with E-state index in [-0.39, 0.29) is 17.7 Å². The Morgan fingerprint density at radius 3 is 2.53 bits per heavy atom. The van der Waals surface area contributed by atoms with Crippen LogP contribution in [0.15, 0.2) is 70.7 Å². The molecule has 0 saturated heterocycles. The number of anilines is 1. The number of nitriles is 1. The molecule has 3 rings (SSSR count). The number of carboxylic acids is 1. The van der Waals surface area contributed by atoms with Crippen LogP contribution in [0.5, 0.6) is 11.5 Å². The van der Waals surface area contributed by atoms with Gasteiger partial charge in [0.1, 0.15) is 18.2 Å². The summed E-state index contributed by atoms with van der Waals surface area (Å²) in [6.45, 7) is 0.176. The van der Waals surface area contributed by atoms with Crippen LogP contribution < -0.4 is 14.8 Å². The number of methoxy groups -OCH3 is 1. The van der Waals surface area contributed by atoms with Crippen molar-refractivity contribution >= 4 is 51.2 Å². The van der Waals surface area contributed by atoms with Crippen LogP contribution in [0.2, 0.25) is 5.02 Å². The molecule has 0 fully saturated rings. The van der Waals surface area contributed by atoms with Crippen molar-refractivity contribution in [3.63, 3.8) is 0 Å². The summed E-state index contributed by atoms with van der Waals surface area (Å²) >= 11 is 9.38. The molecule has 0 heterocycles. The lowest BCUT2D eigenvalue weighted by Crippen LogP contribution is -2.13. The maximum Gasteiger partial charge on any atom is 0.335 e. The van der Waals surface area contributed by atoms with E-state index in [1.807, 2.05) is 6.07 Å². The van der Waals surface area contributed by atoms with E-state index in [0.29, 0.717) is 32.2 Å². The summed E-state index contributed by atoms with van der Waals surface area (Å²) in [7, 11) is 1.47. The average Bonchev–Trinajstić information content (AvgIpc) is 2.81. The quantitative estimate of drug-likeness (QED) is 0.270. The summed E-state index contributed by atoms with van der Waals surface area (Å²) in [6.07, 6.45) is 1.43. The Kier molecular flexibility index (Phi) is 8.30. The van der Waals surface area contributed by atoms with E-state index in [1.54, 1.807) is 48.5 Å². The third-order valence-electron chi connectivity index (χ3n) is 4.59. The number of benzene rings is 3. The summed E-state index contributed by atoms with van der Waals surface area (Å²) in [5.41, 5.74) is 1.86. The molecule has 3 aromatic carbocycles. The highest BCUT2D eigenvalue weighted by Crippen LogP contribution is 2.38. The Morgan fingerprint density at radius 1 is 1.18 bits per heavy atom. The lowest BCUT2D eigenvalue weighted by atomic mass is 10.1. The first-order valence-electron chi connectivity index (χ1n) is 9.82. The van der Waals surface area contributed by atoms with Crippen LogP contribution in [0, 0.1) is 11.3 Å². The number of halogens is 2. The number of hydrogen-bond donors (Lipinski definition) is 2. The fraction of sp³-hybridized carbons (Fsp3) is 0.0800. The van der Waals surface area contributed by atoms with Gasteiger partial charge in [-0.25, -0.2) is 4.79 Å². The molecule has 7 nitrogen and oxygen atoms in total. The van der Waals surface area contributed by atoms with Gasteiger partial charge in [-0.2, -0.15) is 5.26 Å². The minimum absolute atomic E-state index is 0.110. The first-order valence-corrected chi connectivity index (χ1v) is 11.0. The molecular weight excluding hydrogens is 524 g/mol. The van der Waals surface area contributed by atoms with Gasteiger partial charge in [-0.1, -0.05) is 29.8 Å². The number of rotatable bonds is 8. The number of aromatic carboxylic acids is 1. The number of ether oxygens (including phenoxy) is 2. The molecule has 0 saturated carbocycles. The Bertz CT molecular complexity index is 1300. The third kappa shape index (κ3) is 6.38. The topological polar surface area (TPSA) is 109 Å². The number of hydrogen-bond acceptors (Lipinski definition) is 5. The molecule has 0 atom stereocenters. The van der Waals surface area contributed by atoms with Crippen molar-refractivity contribution in [1.29, 1.82) is 5.26 Å². The van der Waals surface area contributed by atoms with Crippen molar-refractivity contribution in [3.8, 4) is 17.6 Å². The molecular formula is C25H18BrClN2O5. The van der Waals surface area contributed by atoms with E-state index in [9.17, 15) is 14.9 Å². The summed E-state index contributed by atoms with van der Waals surface area (Å²) < 4.78 is 11.9. The molecule has 2 N–H and O–H groups in total. The van der Waals surface area contributed by atoms with Crippen LogP contribution >= 0.6 is 27.5 Å². The van der Waals surface area contributed by atoms with Gasteiger partial charge in [0, 0.05) is 10.7 Å². The van der Waals surface area contributed by atoms with Crippen LogP contribution in [-0.4, -0.2) is 24.1 Å². The van der Waals surface area contributed by atoms with Crippen LogP contribution in [0.3, 0.4) is 0 Å². The number of carbonyl (C=O) groups is 2. The van der Waals surface area contributed by atoms with Crippen molar-refractivity contribution in [2.45, 2.75) is 6.61 Å². The summed E-state index contributed by atoms with van der Waals surface area (Å²) in [5, 5.41) is 21.6. The highest BCUT2D eigenvalue weighted by atomic mass is 79.9. The van der Waals surface area contributed by atoms with Crippen molar-refractivity contribution in [2.75, 3.05) is 12.4 Å². The lowest BCUT2D eigenvalue weighted by Gasteiger charge is -2.14. The van der Waals surface area contributed by atoms with E-state index in [2.05, 4.69) is 21.2 Å². The molecule has 0 aliphatic heterocycles. The second kappa shape index (κ2) is 11.4. The molecule has 0 radical (unpaired) electrons. The first-order chi connectivity index (χ1) is 16.3. The molecule has 0 aliphatic rings. The Balaban J connectivity index is 1.79. The second-order valence-electron chi connectivity index (χ2n) is 6.96. The molecule has 172 valence electrons. The Morgan fingerprint density at radius 2 is 1.91 bits per heavy atom. The maximum absolute atomic E-state index is 12.5. The fourth-order valence-electron chi connectivity index (χ4n) is 2.94. The zero-order valence-electron chi connectivity index (χ0n) is 17.8. The van der Waals surface area contributed by atoms with Gasteiger partial charge in [-0.15, -0.1) is 0 Å². The van der Waals surface area contributed by atoms with Gasteiger partial charge >= 0.3 is 5.97 Å². The largest absolute Gasteiger partial charge is 0.493 e. The van der Waals surface area contributed by atoms with Crippen molar-refractivity contribution in [1.82, 2.24) is 0 Å². The molecule has 1 amide bonds. The highest BCUT2D eigenvalue weighted by Gasteiger charge is 2.15. The van der Waals surface area contributed by atoms with Crippen molar-refractivity contribution in [3.05, 3.63) is 92.4 Å². The number of nitrogens with zero attached hydrogens (tertiary/aromatic N) is 1. The lowest BCUT2D eigenvalue weighted by molar-refractivity contribution is -0.112. The maximum atomic E-state index is 12.5. The van der Waals surface area contributed by atoms with E-state index in [4.69, 9.17) is 26.2 Å². The standard InChI is InChI=1S/C25H18BrClN2O5/c1-33-22-11-16(9-18(13-28)24(30)29-20-4-2-3-19(27)12-20)10-21(26)23(22)34-14-15-5-7-17(8-6-15)25(31)32/h2-12H,14H2,1H3,(H,29,30)(H,31,32)/b18-9+. The number of nitrogens with one attached hydrogen (secondary N) is 1. The first kappa shape index (κ1) is 24.8. The molecule has 0 aliphatic carbocycles. The predicted octanol–water partition coefficient (Wildman–Crippen LogP) is 5.93. The smallest absolute Gasteiger partial charge is 0.335 e. The SMILES string of the molecule is COc1cc(/C=C(\C#N)C(=O)Nc2cccc(Cl)c2)cc(Br)c1OCc1ccc(C(=O)O)cc1. The van der Waals surface area contributed by atoms with Crippen LogP contribution in [0.1, 0.15) is 21.5 Å². The highest BCUT2D eigenvalue weighted by molar-refractivity contribution is 9.10. The van der Waals surface area contributed by atoms with Gasteiger partial charge in [0.25, 0.3) is 5.91 Å². The van der Waals surface area contributed by atoms with Gasteiger partial charge in [-0.05, 0) is 75.6 Å². The van der Waals surface area contributed by atoms with E-state index in [0.717, 1.165) is 5.56 Å². The summed E-state index contributed by atoms with van der Waals surface area (Å²) in [6, 6.07) is 18.2. The van der Waals surface area contributed by atoms with E-state index in [1.165, 1.54) is 25.3 Å². The molecule has 34 heavy (non-hydrogen) atoms. The summed E-state index contributed by atoms with van der Waals surface area (Å²) in [4.78, 5) is 23.5. The number of carbonyl (C=O) groups excluding carboxylic acids is 1. The Labute approximate surface area is 209 Å². The van der Waals surface area contributed by atoms with Crippen LogP contribution in [0.25, 0.3) is 6.08 Å². The predicted molar refractivity (Wildman–Crippen MR) is 132 cm³/mol. The Hall–Kier alpha value is -3.80. The molecule has 0 aromatic heterocycles. The van der Waals surface area contributed by atoms with Gasteiger partial charge in [-0.3, -0.25) is 4.79 Å². The normalized spacial score (nSPS) is 10.8. The fourth-order valence-corrected chi connectivity index (χ4v) is 3.71. The summed E-state index contributed by atoms with van der Waals surface area (Å²) in [5.74, 6) is -0.775. The van der Waals surface area contributed by atoms with E-state index < -0.39 is 11.9 Å². The number of amides is 1. The average molecular weight is 542 g/mol. The van der Waals surface area contributed by atoms with Crippen LogP contribution in [-0.2, 0) is 11.4 Å². The van der Waals surface area contributed by atoms with Crippen LogP contribution in [0.4, 0.5) is 5.69 Å². The van der Waals surface area contributed by atoms with Gasteiger partial charge < -0.3 is 19.9 Å². The molecule has 0 spiro atoms. The number of carboxylic acid groups (broad SMARTS) is 1. The molecule has 9 heteroatoms. The van der Waals surface area contributed by atoms with Gasteiger partial charge in [0.2, 0.25) is 0 Å². The van der Waals surface area contributed by atoms with E-state index >= 15 is 0 Å². The second-order valence-corrected chi connectivity index (χ2v) is 8.25. The zero-order chi connectivity index (χ0) is 24.7. The molecule has 3 aromatic rings. The van der Waals surface area contributed by atoms with Crippen molar-refractivity contribution < 1.29 is 24.2 Å². The van der Waals surface area contributed by atoms with Gasteiger partial charge in [0.15, 0.2) is 11.5 Å². The zero-order valence-corrected chi connectivity index (χ0v) is 20.2. The van der Waals surface area contributed by atoms with Gasteiger partial charge in [0.05, 0.1) is 17.1 Å². The molecule has 0 bridgehead atoms. The monoisotopic (exact) mass is 540 g/mol. The van der Waals surface area contributed by atoms with Crippen molar-refractivity contribution in [2.24, 2.45) is 0 Å². The minimum atomic E-state index is -1.00. The minimum Gasteiger partial charge on any atom is -0.493 e. The third-order valence-corrected chi connectivity index (χ3v) is 5.42. The molecule has 0 unspecified atom stereocenters.